The van der Waals surface area contributed by atoms with Gasteiger partial charge in [0.25, 0.3) is 0 Å². The first-order valence-electron chi connectivity index (χ1n) is 23.0. The predicted molar refractivity (Wildman–Crippen MR) is 228 cm³/mol. The van der Waals surface area contributed by atoms with E-state index in [1.165, 1.54) is 77.0 Å². The van der Waals surface area contributed by atoms with Crippen LogP contribution in [0.2, 0.25) is 0 Å². The molecule has 0 fully saturated rings. The lowest BCUT2D eigenvalue weighted by Gasteiger charge is -2.22. The third-order valence-electron chi connectivity index (χ3n) is 11.0. The third kappa shape index (κ3) is 31.6. The number of hydrogen-bond donors (Lipinski definition) is 0. The minimum atomic E-state index is -0.412. The first kappa shape index (κ1) is 52.4. The van der Waals surface area contributed by atoms with Gasteiger partial charge in [0.1, 0.15) is 6.10 Å². The van der Waals surface area contributed by atoms with Gasteiger partial charge >= 0.3 is 17.9 Å². The fraction of sp³-hybridized carbons (Fsp3) is 0.936. The first-order chi connectivity index (χ1) is 25.9. The number of carbonyl (C=O) groups is 3. The summed E-state index contributed by atoms with van der Waals surface area (Å²) < 4.78 is 17.2. The lowest BCUT2D eigenvalue weighted by Crippen LogP contribution is -2.27. The molecule has 0 saturated heterocycles. The molecule has 0 aromatic carbocycles. The van der Waals surface area contributed by atoms with E-state index in [0.29, 0.717) is 19.6 Å². The maximum atomic E-state index is 12.6. The van der Waals surface area contributed by atoms with Gasteiger partial charge in [0, 0.05) is 6.42 Å². The van der Waals surface area contributed by atoms with Crippen molar-refractivity contribution in [2.45, 2.75) is 240 Å². The van der Waals surface area contributed by atoms with Crippen LogP contribution in [-0.4, -0.2) is 62.8 Å². The Kier molecular flexibility index (Phi) is 33.6. The SMILES string of the molecule is CCCCCCCCOC(=O)C(C)(C)CCCCCCCCC(CCCCCCCCC(C)(C)C(=O)OCCCCCCCC)OC(=O)CCCN(C)C. The Balaban J connectivity index is 4.30. The van der Waals surface area contributed by atoms with Crippen molar-refractivity contribution in [1.82, 2.24) is 4.90 Å². The van der Waals surface area contributed by atoms with Crippen LogP contribution in [0, 0.1) is 10.8 Å². The molecule has 0 heterocycles. The molecule has 0 spiro atoms. The second kappa shape index (κ2) is 34.6. The maximum absolute atomic E-state index is 12.6. The van der Waals surface area contributed by atoms with E-state index in [9.17, 15) is 14.4 Å². The van der Waals surface area contributed by atoms with Gasteiger partial charge in [0.2, 0.25) is 0 Å². The highest BCUT2D eigenvalue weighted by molar-refractivity contribution is 5.76. The van der Waals surface area contributed by atoms with Crippen LogP contribution in [0.15, 0.2) is 0 Å². The van der Waals surface area contributed by atoms with Gasteiger partial charge in [-0.1, -0.05) is 142 Å². The molecule has 0 aliphatic carbocycles. The number of carbonyl (C=O) groups excluding carboxylic acids is 3. The molecule has 0 atom stereocenters. The van der Waals surface area contributed by atoms with Crippen molar-refractivity contribution in [1.29, 1.82) is 0 Å². The average Bonchev–Trinajstić information content (AvgIpc) is 3.12. The predicted octanol–water partition coefficient (Wildman–Crippen LogP) is 13.3. The van der Waals surface area contributed by atoms with Crippen LogP contribution in [0.1, 0.15) is 234 Å². The van der Waals surface area contributed by atoms with Crippen molar-refractivity contribution in [2.24, 2.45) is 10.8 Å². The number of hydrogen-bond acceptors (Lipinski definition) is 7. The van der Waals surface area contributed by atoms with Crippen LogP contribution in [0.3, 0.4) is 0 Å². The van der Waals surface area contributed by atoms with E-state index in [2.05, 4.69) is 18.7 Å². The zero-order chi connectivity index (χ0) is 40.3. The van der Waals surface area contributed by atoms with Gasteiger partial charge in [-0.2, -0.15) is 0 Å². The summed E-state index contributed by atoms with van der Waals surface area (Å²) in [6, 6.07) is 0. The molecule has 0 aliphatic heterocycles. The lowest BCUT2D eigenvalue weighted by atomic mass is 9.87. The van der Waals surface area contributed by atoms with Crippen molar-refractivity contribution < 1.29 is 28.6 Å². The molecule has 320 valence electrons. The zero-order valence-corrected chi connectivity index (χ0v) is 37.3. The van der Waals surface area contributed by atoms with Crippen molar-refractivity contribution in [3.63, 3.8) is 0 Å². The summed E-state index contributed by atoms with van der Waals surface area (Å²) in [4.78, 5) is 40.0. The van der Waals surface area contributed by atoms with Crippen LogP contribution < -0.4 is 0 Å². The molecule has 0 rings (SSSR count). The van der Waals surface area contributed by atoms with Gasteiger partial charge in [-0.05, 0) is 106 Å². The highest BCUT2D eigenvalue weighted by atomic mass is 16.5. The average molecular weight is 766 g/mol. The summed E-state index contributed by atoms with van der Waals surface area (Å²) in [5, 5.41) is 0. The van der Waals surface area contributed by atoms with Crippen LogP contribution in [0.25, 0.3) is 0 Å². The lowest BCUT2D eigenvalue weighted by molar-refractivity contribution is -0.155. The quantitative estimate of drug-likeness (QED) is 0.0350. The molecule has 7 heteroatoms. The van der Waals surface area contributed by atoms with E-state index in [1.54, 1.807) is 0 Å². The monoisotopic (exact) mass is 766 g/mol. The Bertz CT molecular complexity index is 843. The molecule has 0 aliphatic rings. The minimum Gasteiger partial charge on any atom is -0.465 e. The van der Waals surface area contributed by atoms with Crippen molar-refractivity contribution in [2.75, 3.05) is 33.9 Å². The maximum Gasteiger partial charge on any atom is 0.311 e. The summed E-state index contributed by atoms with van der Waals surface area (Å²) in [6.45, 7) is 14.6. The summed E-state index contributed by atoms with van der Waals surface area (Å²) in [5.41, 5.74) is -0.823. The van der Waals surface area contributed by atoms with Gasteiger partial charge in [0.05, 0.1) is 24.0 Å². The molecule has 54 heavy (non-hydrogen) atoms. The second-order valence-corrected chi connectivity index (χ2v) is 17.9. The van der Waals surface area contributed by atoms with E-state index in [4.69, 9.17) is 14.2 Å². The normalized spacial score (nSPS) is 12.1. The number of nitrogens with zero attached hydrogens (tertiary/aromatic N) is 1. The largest absolute Gasteiger partial charge is 0.465 e. The van der Waals surface area contributed by atoms with Gasteiger partial charge in [-0.15, -0.1) is 0 Å². The van der Waals surface area contributed by atoms with E-state index in [1.807, 2.05) is 41.8 Å². The van der Waals surface area contributed by atoms with Crippen LogP contribution in [0.5, 0.6) is 0 Å². The van der Waals surface area contributed by atoms with Gasteiger partial charge < -0.3 is 19.1 Å². The summed E-state index contributed by atoms with van der Waals surface area (Å²) in [7, 11) is 4.07. The number of esters is 3. The topological polar surface area (TPSA) is 82.1 Å². The van der Waals surface area contributed by atoms with E-state index in [-0.39, 0.29) is 24.0 Å². The molecular weight excluding hydrogens is 675 g/mol. The fourth-order valence-corrected chi connectivity index (χ4v) is 7.03. The zero-order valence-electron chi connectivity index (χ0n) is 37.3. The smallest absolute Gasteiger partial charge is 0.311 e. The summed E-state index contributed by atoms with van der Waals surface area (Å²) in [5.74, 6) is -0.145. The van der Waals surface area contributed by atoms with Gasteiger partial charge in [-0.25, -0.2) is 0 Å². The second-order valence-electron chi connectivity index (χ2n) is 17.9. The standard InChI is InChI=1S/C47H91NO6/c1-9-11-13-15-25-31-40-52-44(50)46(3,4)37-29-23-19-17-21-27-34-42(54-43(49)36-33-39-48(7)8)35-28-22-18-20-24-30-38-47(5,6)45(51)53-41-32-26-16-14-12-10-2/h42H,9-41H2,1-8H3. The Morgan fingerprint density at radius 3 is 1.22 bits per heavy atom. The minimum absolute atomic E-state index is 0.0168. The van der Waals surface area contributed by atoms with Crippen molar-refractivity contribution in [3.05, 3.63) is 0 Å². The van der Waals surface area contributed by atoms with Gasteiger partial charge in [-0.3, -0.25) is 14.4 Å². The molecule has 7 nitrogen and oxygen atoms in total. The summed E-state index contributed by atoms with van der Waals surface area (Å²) in [6.07, 6.45) is 32.9. The summed E-state index contributed by atoms with van der Waals surface area (Å²) >= 11 is 0. The number of unbranched alkanes of at least 4 members (excludes halogenated alkanes) is 20. The molecule has 0 amide bonds. The van der Waals surface area contributed by atoms with Crippen LogP contribution >= 0.6 is 0 Å². The molecule has 0 saturated carbocycles. The Morgan fingerprint density at radius 2 is 0.833 bits per heavy atom. The number of ether oxygens (including phenoxy) is 3. The molecule has 0 aromatic heterocycles. The molecule has 0 radical (unpaired) electrons. The van der Waals surface area contributed by atoms with Crippen LogP contribution in [0.4, 0.5) is 0 Å². The molecular formula is C47H91NO6. The molecule has 0 bridgehead atoms. The Morgan fingerprint density at radius 1 is 0.481 bits per heavy atom. The highest BCUT2D eigenvalue weighted by Gasteiger charge is 2.29. The van der Waals surface area contributed by atoms with E-state index >= 15 is 0 Å². The Labute approximate surface area is 335 Å². The molecule has 0 aromatic rings. The fourth-order valence-electron chi connectivity index (χ4n) is 7.03. The molecule has 0 N–H and O–H groups in total. The first-order valence-corrected chi connectivity index (χ1v) is 23.0. The van der Waals surface area contributed by atoms with E-state index in [0.717, 1.165) is 116 Å². The van der Waals surface area contributed by atoms with Gasteiger partial charge in [0.15, 0.2) is 0 Å². The van der Waals surface area contributed by atoms with Crippen molar-refractivity contribution >= 4 is 17.9 Å². The van der Waals surface area contributed by atoms with Crippen LogP contribution in [-0.2, 0) is 28.6 Å². The highest BCUT2D eigenvalue weighted by Crippen LogP contribution is 2.28. The van der Waals surface area contributed by atoms with Crippen molar-refractivity contribution in [3.8, 4) is 0 Å². The molecule has 0 unspecified atom stereocenters. The Hall–Kier alpha value is -1.63. The number of rotatable bonds is 39. The van der Waals surface area contributed by atoms with E-state index < -0.39 is 10.8 Å². The third-order valence-corrected chi connectivity index (χ3v) is 11.0.